The first kappa shape index (κ1) is 17.4. The summed E-state index contributed by atoms with van der Waals surface area (Å²) in [6, 6.07) is 19.2. The highest BCUT2D eigenvalue weighted by Gasteiger charge is 2.20. The van der Waals surface area contributed by atoms with Crippen molar-refractivity contribution in [3.63, 3.8) is 0 Å². The van der Waals surface area contributed by atoms with Crippen LogP contribution in [-0.2, 0) is 4.74 Å². The van der Waals surface area contributed by atoms with Gasteiger partial charge in [-0.1, -0.05) is 54.5 Å². The van der Waals surface area contributed by atoms with Crippen molar-refractivity contribution in [1.29, 1.82) is 0 Å². The van der Waals surface area contributed by atoms with Gasteiger partial charge in [-0.3, -0.25) is 0 Å². The number of benzene rings is 2. The molecule has 0 fully saturated rings. The van der Waals surface area contributed by atoms with Crippen LogP contribution in [0.1, 0.15) is 34.4 Å². The number of aryl methyl sites for hydroxylation is 1. The molecule has 0 N–H and O–H groups in total. The summed E-state index contributed by atoms with van der Waals surface area (Å²) < 4.78 is 5.19. The SMILES string of the molecule is CCOC(=O)c1c(C)nc(C#Cc2ccccc2)nc1-c1ccccc1. The Morgan fingerprint density at radius 2 is 1.62 bits per heavy atom. The highest BCUT2D eigenvalue weighted by molar-refractivity contribution is 5.97. The van der Waals surface area contributed by atoms with E-state index in [4.69, 9.17) is 4.74 Å². The summed E-state index contributed by atoms with van der Waals surface area (Å²) in [4.78, 5) is 21.3. The zero-order chi connectivity index (χ0) is 18.4. The lowest BCUT2D eigenvalue weighted by atomic mass is 10.0. The van der Waals surface area contributed by atoms with Gasteiger partial charge in [0.05, 0.1) is 18.0 Å². The van der Waals surface area contributed by atoms with Gasteiger partial charge in [0.15, 0.2) is 0 Å². The zero-order valence-electron chi connectivity index (χ0n) is 14.7. The number of rotatable bonds is 3. The predicted octanol–water partition coefficient (Wildman–Crippen LogP) is 4.03. The number of carbonyl (C=O) groups excluding carboxylic acids is 1. The highest BCUT2D eigenvalue weighted by Crippen LogP contribution is 2.24. The fraction of sp³-hybridized carbons (Fsp3) is 0.136. The van der Waals surface area contributed by atoms with Gasteiger partial charge in [-0.15, -0.1) is 0 Å². The molecule has 0 amide bonds. The summed E-state index contributed by atoms with van der Waals surface area (Å²) in [6.45, 7) is 3.84. The third kappa shape index (κ3) is 3.96. The second-order valence-electron chi connectivity index (χ2n) is 5.56. The lowest BCUT2D eigenvalue weighted by molar-refractivity contribution is 0.0525. The number of esters is 1. The van der Waals surface area contributed by atoms with Crippen LogP contribution in [0.4, 0.5) is 0 Å². The second kappa shape index (κ2) is 8.09. The van der Waals surface area contributed by atoms with E-state index >= 15 is 0 Å². The number of ether oxygens (including phenoxy) is 1. The van der Waals surface area contributed by atoms with Crippen LogP contribution in [-0.4, -0.2) is 22.5 Å². The molecule has 0 bridgehead atoms. The number of carbonyl (C=O) groups is 1. The largest absolute Gasteiger partial charge is 0.462 e. The van der Waals surface area contributed by atoms with E-state index in [1.54, 1.807) is 13.8 Å². The van der Waals surface area contributed by atoms with Crippen LogP contribution in [0.25, 0.3) is 11.3 Å². The van der Waals surface area contributed by atoms with Gasteiger partial charge in [0.25, 0.3) is 0 Å². The van der Waals surface area contributed by atoms with Crippen molar-refractivity contribution < 1.29 is 9.53 Å². The zero-order valence-corrected chi connectivity index (χ0v) is 14.7. The Labute approximate surface area is 152 Å². The minimum atomic E-state index is -0.425. The second-order valence-corrected chi connectivity index (χ2v) is 5.56. The molecule has 4 heteroatoms. The highest BCUT2D eigenvalue weighted by atomic mass is 16.5. The van der Waals surface area contributed by atoms with E-state index in [0.29, 0.717) is 29.4 Å². The summed E-state index contributed by atoms with van der Waals surface area (Å²) >= 11 is 0. The van der Waals surface area contributed by atoms with Gasteiger partial charge < -0.3 is 4.74 Å². The first-order chi connectivity index (χ1) is 12.7. The van der Waals surface area contributed by atoms with Gasteiger partial charge in [0.1, 0.15) is 5.56 Å². The Balaban J connectivity index is 2.11. The first-order valence-electron chi connectivity index (χ1n) is 8.37. The van der Waals surface area contributed by atoms with Crippen LogP contribution in [0.3, 0.4) is 0 Å². The lowest BCUT2D eigenvalue weighted by Gasteiger charge is -2.11. The molecular weight excluding hydrogens is 324 g/mol. The molecule has 4 nitrogen and oxygen atoms in total. The van der Waals surface area contributed by atoms with E-state index in [0.717, 1.165) is 11.1 Å². The molecule has 3 rings (SSSR count). The summed E-state index contributed by atoms with van der Waals surface area (Å²) in [5.41, 5.74) is 3.17. The van der Waals surface area contributed by atoms with Crippen LogP contribution in [0.2, 0.25) is 0 Å². The molecule has 0 aliphatic heterocycles. The standard InChI is InChI=1S/C22H18N2O2/c1-3-26-22(25)20-16(2)23-19(15-14-17-10-6-4-7-11-17)24-21(20)18-12-8-5-9-13-18/h4-13H,3H2,1-2H3. The smallest absolute Gasteiger partial charge is 0.342 e. The van der Waals surface area contributed by atoms with Gasteiger partial charge >= 0.3 is 5.97 Å². The Morgan fingerprint density at radius 3 is 2.27 bits per heavy atom. The number of nitrogens with zero attached hydrogens (tertiary/aromatic N) is 2. The molecule has 1 aromatic heterocycles. The van der Waals surface area contributed by atoms with Crippen LogP contribution < -0.4 is 0 Å². The van der Waals surface area contributed by atoms with Gasteiger partial charge in [0.2, 0.25) is 5.82 Å². The number of hydrogen-bond acceptors (Lipinski definition) is 4. The molecule has 0 aliphatic carbocycles. The Hall–Kier alpha value is -3.45. The summed E-state index contributed by atoms with van der Waals surface area (Å²) in [7, 11) is 0. The minimum Gasteiger partial charge on any atom is -0.462 e. The summed E-state index contributed by atoms with van der Waals surface area (Å²) in [6.07, 6.45) is 0. The van der Waals surface area contributed by atoms with Gasteiger partial charge in [0, 0.05) is 11.1 Å². The molecule has 1 heterocycles. The molecule has 26 heavy (non-hydrogen) atoms. The quantitative estimate of drug-likeness (QED) is 0.533. The maximum atomic E-state index is 12.4. The third-order valence-corrected chi connectivity index (χ3v) is 3.71. The molecule has 0 atom stereocenters. The maximum Gasteiger partial charge on any atom is 0.342 e. The lowest BCUT2D eigenvalue weighted by Crippen LogP contribution is -2.12. The van der Waals surface area contributed by atoms with E-state index in [9.17, 15) is 4.79 Å². The van der Waals surface area contributed by atoms with Crippen LogP contribution in [0.15, 0.2) is 60.7 Å². The summed E-state index contributed by atoms with van der Waals surface area (Å²) in [5, 5.41) is 0. The van der Waals surface area contributed by atoms with Crippen molar-refractivity contribution >= 4 is 5.97 Å². The van der Waals surface area contributed by atoms with Crippen molar-refractivity contribution in [2.45, 2.75) is 13.8 Å². The molecule has 0 saturated heterocycles. The van der Waals surface area contributed by atoms with Crippen molar-refractivity contribution in [1.82, 2.24) is 9.97 Å². The van der Waals surface area contributed by atoms with Crippen molar-refractivity contribution in [2.75, 3.05) is 6.61 Å². The normalized spacial score (nSPS) is 9.92. The molecule has 0 unspecified atom stereocenters. The Morgan fingerprint density at radius 1 is 0.962 bits per heavy atom. The number of aromatic nitrogens is 2. The maximum absolute atomic E-state index is 12.4. The van der Waals surface area contributed by atoms with Crippen LogP contribution >= 0.6 is 0 Å². The average Bonchev–Trinajstić information content (AvgIpc) is 2.67. The molecule has 0 radical (unpaired) electrons. The molecule has 3 aromatic rings. The van der Waals surface area contributed by atoms with Gasteiger partial charge in [-0.05, 0) is 31.9 Å². The number of hydrogen-bond donors (Lipinski definition) is 0. The summed E-state index contributed by atoms with van der Waals surface area (Å²) in [5.74, 6) is 5.98. The first-order valence-corrected chi connectivity index (χ1v) is 8.37. The molecule has 128 valence electrons. The van der Waals surface area contributed by atoms with E-state index < -0.39 is 5.97 Å². The van der Waals surface area contributed by atoms with Crippen LogP contribution in [0, 0.1) is 18.8 Å². The van der Waals surface area contributed by atoms with Crippen molar-refractivity contribution in [3.8, 4) is 23.1 Å². The van der Waals surface area contributed by atoms with E-state index in [1.807, 2.05) is 60.7 Å². The molecular formula is C22H18N2O2. The predicted molar refractivity (Wildman–Crippen MR) is 101 cm³/mol. The van der Waals surface area contributed by atoms with Crippen molar-refractivity contribution in [2.24, 2.45) is 0 Å². The third-order valence-electron chi connectivity index (χ3n) is 3.71. The van der Waals surface area contributed by atoms with Crippen LogP contribution in [0.5, 0.6) is 0 Å². The minimum absolute atomic E-state index is 0.294. The van der Waals surface area contributed by atoms with E-state index in [-0.39, 0.29) is 0 Å². The average molecular weight is 342 g/mol. The Bertz CT molecular complexity index is 972. The van der Waals surface area contributed by atoms with Crippen molar-refractivity contribution in [3.05, 3.63) is 83.3 Å². The monoisotopic (exact) mass is 342 g/mol. The molecule has 0 spiro atoms. The van der Waals surface area contributed by atoms with Gasteiger partial charge in [-0.2, -0.15) is 0 Å². The van der Waals surface area contributed by atoms with Gasteiger partial charge in [-0.25, -0.2) is 14.8 Å². The molecule has 2 aromatic carbocycles. The van der Waals surface area contributed by atoms with E-state index in [2.05, 4.69) is 21.8 Å². The van der Waals surface area contributed by atoms with E-state index in [1.165, 1.54) is 0 Å². The molecule has 0 aliphatic rings. The Kier molecular flexibility index (Phi) is 5.40. The topological polar surface area (TPSA) is 52.1 Å². The molecule has 0 saturated carbocycles. The fourth-order valence-electron chi connectivity index (χ4n) is 2.53. The fourth-order valence-corrected chi connectivity index (χ4v) is 2.53.